The summed E-state index contributed by atoms with van der Waals surface area (Å²) in [6.45, 7) is 13.0. The smallest absolute Gasteiger partial charge is 0.252 e. The van der Waals surface area contributed by atoms with Gasteiger partial charge in [0, 0.05) is 36.5 Å². The van der Waals surface area contributed by atoms with Crippen LogP contribution in [-0.2, 0) is 6.54 Å². The summed E-state index contributed by atoms with van der Waals surface area (Å²) in [5.74, 6) is 1.67. The zero-order valence-electron chi connectivity index (χ0n) is 20.3. The van der Waals surface area contributed by atoms with Crippen molar-refractivity contribution in [2.24, 2.45) is 5.92 Å². The van der Waals surface area contributed by atoms with E-state index in [9.17, 15) is 4.79 Å². The van der Waals surface area contributed by atoms with Crippen LogP contribution in [0.5, 0.6) is 5.75 Å². The van der Waals surface area contributed by atoms with Crippen molar-refractivity contribution in [1.82, 2.24) is 10.2 Å². The summed E-state index contributed by atoms with van der Waals surface area (Å²) in [7, 11) is 2.05. The van der Waals surface area contributed by atoms with Crippen molar-refractivity contribution in [3.63, 3.8) is 0 Å². The Kier molecular flexibility index (Phi) is 7.39. The molecule has 5 heteroatoms. The van der Waals surface area contributed by atoms with Crippen LogP contribution in [0, 0.1) is 5.92 Å². The summed E-state index contributed by atoms with van der Waals surface area (Å²) in [6.07, 6.45) is 3.44. The number of benzene rings is 2. The molecule has 5 nitrogen and oxygen atoms in total. The minimum atomic E-state index is -0.00202. The number of fused-ring (bicyclic) bond motifs is 1. The molecule has 1 amide bonds. The molecule has 1 fully saturated rings. The van der Waals surface area contributed by atoms with Crippen LogP contribution in [0.2, 0.25) is 0 Å². The van der Waals surface area contributed by atoms with Crippen LogP contribution < -0.4 is 15.0 Å². The second-order valence-electron chi connectivity index (χ2n) is 9.48. The van der Waals surface area contributed by atoms with Crippen LogP contribution in [0.1, 0.15) is 60.5 Å². The topological polar surface area (TPSA) is 44.8 Å². The molecular weight excluding hydrogens is 410 g/mol. The van der Waals surface area contributed by atoms with Gasteiger partial charge in [0.2, 0.25) is 0 Å². The number of carbonyl (C=O) groups is 1. The highest BCUT2D eigenvalue weighted by molar-refractivity contribution is 5.98. The van der Waals surface area contributed by atoms with E-state index in [1.807, 2.05) is 25.1 Å². The Labute approximate surface area is 198 Å². The van der Waals surface area contributed by atoms with Gasteiger partial charge in [-0.25, -0.2) is 0 Å². The van der Waals surface area contributed by atoms with Crippen LogP contribution in [0.4, 0.5) is 5.69 Å². The molecule has 2 heterocycles. The fourth-order valence-electron chi connectivity index (χ4n) is 5.05. The van der Waals surface area contributed by atoms with Gasteiger partial charge in [-0.1, -0.05) is 31.7 Å². The van der Waals surface area contributed by atoms with Crippen LogP contribution in [0.15, 0.2) is 54.7 Å². The number of hydrogen-bond donors (Lipinski definition) is 1. The molecule has 0 spiro atoms. The molecule has 0 bridgehead atoms. The van der Waals surface area contributed by atoms with Crippen molar-refractivity contribution in [3.8, 4) is 5.75 Å². The summed E-state index contributed by atoms with van der Waals surface area (Å²) in [5.41, 5.74) is 5.37. The number of likely N-dealkylation sites (tertiary alicyclic amines) is 1. The SMILES string of the molecule is C=C(C)N(C)c1ccc([C@@H]2CCN(CCC)CC[C@H]2COc2ccc3c(c2)C(=O)NC3)cc1. The lowest BCUT2D eigenvalue weighted by atomic mass is 9.83. The van der Waals surface area contributed by atoms with Gasteiger partial charge in [-0.3, -0.25) is 4.79 Å². The molecule has 176 valence electrons. The Morgan fingerprint density at radius 3 is 2.67 bits per heavy atom. The lowest BCUT2D eigenvalue weighted by Gasteiger charge is -2.26. The Balaban J connectivity index is 1.51. The number of amides is 1. The largest absolute Gasteiger partial charge is 0.493 e. The van der Waals surface area contributed by atoms with E-state index in [1.54, 1.807) is 0 Å². The molecule has 0 saturated carbocycles. The maximum absolute atomic E-state index is 12.0. The third-order valence-corrected chi connectivity index (χ3v) is 7.19. The van der Waals surface area contributed by atoms with Crippen molar-refractivity contribution in [2.75, 3.05) is 38.2 Å². The van der Waals surface area contributed by atoms with Gasteiger partial charge >= 0.3 is 0 Å². The first-order valence-corrected chi connectivity index (χ1v) is 12.2. The van der Waals surface area contributed by atoms with Crippen LogP contribution in [0.25, 0.3) is 0 Å². The highest BCUT2D eigenvalue weighted by Gasteiger charge is 2.28. The standard InChI is InChI=1S/C28H37N3O2/c1-5-14-31-15-12-23(19-33-25-11-8-22-18-29-28(32)27(22)17-25)26(13-16-31)21-6-9-24(10-7-21)30(4)20(2)3/h6-11,17,23,26H,2,5,12-16,18-19H2,1,3-4H3,(H,29,32)/t23-,26-/m0/s1. The molecular formula is C28H37N3O2. The maximum Gasteiger partial charge on any atom is 0.252 e. The first-order valence-electron chi connectivity index (χ1n) is 12.2. The Bertz CT molecular complexity index is 985. The number of hydrogen-bond acceptors (Lipinski definition) is 4. The number of allylic oxidation sites excluding steroid dienone is 1. The van der Waals surface area contributed by atoms with Crippen molar-refractivity contribution in [1.29, 1.82) is 0 Å². The molecule has 33 heavy (non-hydrogen) atoms. The van der Waals surface area contributed by atoms with E-state index in [0.717, 1.165) is 60.7 Å². The van der Waals surface area contributed by atoms with Crippen LogP contribution in [-0.4, -0.2) is 44.1 Å². The van der Waals surface area contributed by atoms with E-state index in [1.165, 1.54) is 12.0 Å². The highest BCUT2D eigenvalue weighted by Crippen LogP contribution is 2.35. The molecule has 0 radical (unpaired) electrons. The first kappa shape index (κ1) is 23.4. The molecule has 2 aromatic carbocycles. The van der Waals surface area contributed by atoms with Gasteiger partial charge in [0.25, 0.3) is 5.91 Å². The third-order valence-electron chi connectivity index (χ3n) is 7.19. The van der Waals surface area contributed by atoms with E-state index >= 15 is 0 Å². The molecule has 4 rings (SSSR count). The molecule has 2 aliphatic heterocycles. The van der Waals surface area contributed by atoms with Crippen LogP contribution >= 0.6 is 0 Å². The molecule has 1 saturated heterocycles. The quantitative estimate of drug-likeness (QED) is 0.605. The Hall–Kier alpha value is -2.79. The lowest BCUT2D eigenvalue weighted by Crippen LogP contribution is -2.25. The predicted molar refractivity (Wildman–Crippen MR) is 135 cm³/mol. The highest BCUT2D eigenvalue weighted by atomic mass is 16.5. The number of carbonyl (C=O) groups excluding carboxylic acids is 1. The fraction of sp³-hybridized carbons (Fsp3) is 0.464. The average molecular weight is 448 g/mol. The van der Waals surface area contributed by atoms with E-state index < -0.39 is 0 Å². The zero-order valence-corrected chi connectivity index (χ0v) is 20.3. The zero-order chi connectivity index (χ0) is 23.4. The monoisotopic (exact) mass is 447 g/mol. The summed E-state index contributed by atoms with van der Waals surface area (Å²) in [4.78, 5) is 16.7. The predicted octanol–water partition coefficient (Wildman–Crippen LogP) is 5.18. The van der Waals surface area contributed by atoms with Crippen LogP contribution in [0.3, 0.4) is 0 Å². The summed E-state index contributed by atoms with van der Waals surface area (Å²) in [5, 5.41) is 2.88. The summed E-state index contributed by atoms with van der Waals surface area (Å²) >= 11 is 0. The van der Waals surface area contributed by atoms with Gasteiger partial charge in [0.15, 0.2) is 0 Å². The molecule has 2 aromatic rings. The van der Waals surface area contributed by atoms with Gasteiger partial charge in [-0.05, 0) is 87.1 Å². The summed E-state index contributed by atoms with van der Waals surface area (Å²) < 4.78 is 6.30. The lowest BCUT2D eigenvalue weighted by molar-refractivity contribution is 0.0965. The summed E-state index contributed by atoms with van der Waals surface area (Å²) in [6, 6.07) is 14.9. The molecule has 0 aromatic heterocycles. The molecule has 2 atom stereocenters. The van der Waals surface area contributed by atoms with Gasteiger partial charge in [0.05, 0.1) is 6.61 Å². The minimum Gasteiger partial charge on any atom is -0.493 e. The number of anilines is 1. The molecule has 0 aliphatic carbocycles. The van der Waals surface area contributed by atoms with Crippen molar-refractivity contribution >= 4 is 11.6 Å². The van der Waals surface area contributed by atoms with Crippen molar-refractivity contribution < 1.29 is 9.53 Å². The number of rotatable bonds is 8. The molecule has 0 unspecified atom stereocenters. The fourth-order valence-corrected chi connectivity index (χ4v) is 5.05. The second-order valence-corrected chi connectivity index (χ2v) is 9.48. The van der Waals surface area contributed by atoms with Crippen molar-refractivity contribution in [3.05, 3.63) is 71.4 Å². The van der Waals surface area contributed by atoms with Gasteiger partial charge < -0.3 is 19.9 Å². The first-order chi connectivity index (χ1) is 16.0. The normalized spacial score (nSPS) is 20.6. The second kappa shape index (κ2) is 10.4. The van der Waals surface area contributed by atoms with Gasteiger partial charge in [0.1, 0.15) is 5.75 Å². The van der Waals surface area contributed by atoms with Crippen molar-refractivity contribution in [2.45, 2.75) is 45.6 Å². The number of nitrogens with zero attached hydrogens (tertiary/aromatic N) is 2. The van der Waals surface area contributed by atoms with E-state index in [-0.39, 0.29) is 5.91 Å². The van der Waals surface area contributed by atoms with Gasteiger partial charge in [-0.15, -0.1) is 0 Å². The molecule has 2 aliphatic rings. The number of ether oxygens (including phenoxy) is 1. The number of nitrogens with one attached hydrogen (secondary N) is 1. The minimum absolute atomic E-state index is 0.00202. The van der Waals surface area contributed by atoms with Gasteiger partial charge in [-0.2, -0.15) is 0 Å². The maximum atomic E-state index is 12.0. The van der Waals surface area contributed by atoms with E-state index in [4.69, 9.17) is 4.74 Å². The average Bonchev–Trinajstić information content (AvgIpc) is 3.07. The third kappa shape index (κ3) is 5.41. The van der Waals surface area contributed by atoms with E-state index in [2.05, 4.69) is 59.9 Å². The van der Waals surface area contributed by atoms with E-state index in [0.29, 0.717) is 25.0 Å². The molecule has 1 N–H and O–H groups in total. The Morgan fingerprint density at radius 1 is 1.18 bits per heavy atom. The Morgan fingerprint density at radius 2 is 1.94 bits per heavy atom.